The summed E-state index contributed by atoms with van der Waals surface area (Å²) >= 11 is 0. The van der Waals surface area contributed by atoms with Crippen LogP contribution in [0.5, 0.6) is 0 Å². The summed E-state index contributed by atoms with van der Waals surface area (Å²) in [6, 6.07) is 19.1. The number of carbonyl (C=O) groups is 1. The van der Waals surface area contributed by atoms with E-state index in [1.54, 1.807) is 6.07 Å². The number of anilines is 3. The third-order valence-electron chi connectivity index (χ3n) is 3.78. The number of carbonyl (C=O) groups excluding carboxylic acids is 1. The summed E-state index contributed by atoms with van der Waals surface area (Å²) in [5, 5.41) is 6.01. The van der Waals surface area contributed by atoms with E-state index in [0.29, 0.717) is 17.4 Å². The molecule has 0 aliphatic carbocycles. The molecule has 0 unspecified atom stereocenters. The lowest BCUT2D eigenvalue weighted by atomic mass is 10.0. The molecule has 25 heavy (non-hydrogen) atoms. The summed E-state index contributed by atoms with van der Waals surface area (Å²) in [4.78, 5) is 20.5. The van der Waals surface area contributed by atoms with Gasteiger partial charge in [0, 0.05) is 17.4 Å². The van der Waals surface area contributed by atoms with Crippen molar-refractivity contribution < 1.29 is 4.79 Å². The molecule has 126 valence electrons. The molecule has 0 radical (unpaired) electrons. The van der Waals surface area contributed by atoms with Gasteiger partial charge in [-0.3, -0.25) is 4.79 Å². The molecule has 0 spiro atoms. The van der Waals surface area contributed by atoms with Crippen LogP contribution in [0.15, 0.2) is 67.0 Å². The fourth-order valence-corrected chi connectivity index (χ4v) is 2.37. The van der Waals surface area contributed by atoms with Crippen LogP contribution in [0.3, 0.4) is 0 Å². The average molecular weight is 332 g/mol. The largest absolute Gasteiger partial charge is 0.340 e. The van der Waals surface area contributed by atoms with Gasteiger partial charge in [-0.05, 0) is 35.7 Å². The quantitative estimate of drug-likeness (QED) is 0.717. The molecular formula is C20H20N4O. The summed E-state index contributed by atoms with van der Waals surface area (Å²) in [5.74, 6) is 0.790. The Morgan fingerprint density at radius 1 is 0.920 bits per heavy atom. The molecule has 1 aromatic heterocycles. The van der Waals surface area contributed by atoms with Crippen LogP contribution in [0.25, 0.3) is 0 Å². The fourth-order valence-electron chi connectivity index (χ4n) is 2.37. The van der Waals surface area contributed by atoms with Crippen LogP contribution in [0.1, 0.15) is 35.8 Å². The highest BCUT2D eigenvalue weighted by molar-refractivity contribution is 6.03. The van der Waals surface area contributed by atoms with Crippen molar-refractivity contribution >= 4 is 23.1 Å². The zero-order valence-corrected chi connectivity index (χ0v) is 14.2. The van der Waals surface area contributed by atoms with Gasteiger partial charge in [-0.2, -0.15) is 0 Å². The Kier molecular flexibility index (Phi) is 5.04. The number of hydrogen-bond donors (Lipinski definition) is 2. The van der Waals surface area contributed by atoms with Crippen LogP contribution in [-0.4, -0.2) is 15.9 Å². The van der Waals surface area contributed by atoms with Gasteiger partial charge in [0.15, 0.2) is 0 Å². The Hall–Kier alpha value is -3.21. The number of aromatic nitrogens is 2. The Labute approximate surface area is 147 Å². The molecule has 2 aromatic carbocycles. The number of hydrogen-bond acceptors (Lipinski definition) is 4. The van der Waals surface area contributed by atoms with E-state index in [1.165, 1.54) is 11.9 Å². The molecule has 0 atom stereocenters. The molecule has 1 amide bonds. The Morgan fingerprint density at radius 2 is 1.64 bits per heavy atom. The first-order valence-corrected chi connectivity index (χ1v) is 8.17. The minimum Gasteiger partial charge on any atom is -0.340 e. The topological polar surface area (TPSA) is 66.9 Å². The molecule has 2 N–H and O–H groups in total. The maximum atomic E-state index is 12.3. The molecule has 1 heterocycles. The molecule has 5 nitrogen and oxygen atoms in total. The Bertz CT molecular complexity index is 845. The Balaban J connectivity index is 1.71. The average Bonchev–Trinajstić information content (AvgIpc) is 2.63. The van der Waals surface area contributed by atoms with Crippen LogP contribution in [0.2, 0.25) is 0 Å². The SMILES string of the molecule is CC(C)c1ccc(Nc2cc(C(=O)Nc3ccccc3)ncn2)cc1. The van der Waals surface area contributed by atoms with Crippen molar-refractivity contribution in [3.8, 4) is 0 Å². The van der Waals surface area contributed by atoms with E-state index in [-0.39, 0.29) is 5.91 Å². The van der Waals surface area contributed by atoms with Crippen molar-refractivity contribution in [2.45, 2.75) is 19.8 Å². The van der Waals surface area contributed by atoms with Crippen molar-refractivity contribution in [3.63, 3.8) is 0 Å². The molecule has 3 aromatic rings. The predicted molar refractivity (Wildman–Crippen MR) is 100 cm³/mol. The van der Waals surface area contributed by atoms with Gasteiger partial charge in [0.25, 0.3) is 5.91 Å². The van der Waals surface area contributed by atoms with Gasteiger partial charge in [-0.25, -0.2) is 9.97 Å². The number of rotatable bonds is 5. The number of para-hydroxylation sites is 1. The second kappa shape index (κ2) is 7.57. The lowest BCUT2D eigenvalue weighted by Gasteiger charge is -2.09. The minimum absolute atomic E-state index is 0.271. The lowest BCUT2D eigenvalue weighted by Crippen LogP contribution is -2.14. The second-order valence-electron chi connectivity index (χ2n) is 6.01. The summed E-state index contributed by atoms with van der Waals surface area (Å²) in [6.45, 7) is 4.31. The monoisotopic (exact) mass is 332 g/mol. The van der Waals surface area contributed by atoms with E-state index >= 15 is 0 Å². The van der Waals surface area contributed by atoms with Crippen molar-refractivity contribution in [1.29, 1.82) is 0 Å². The van der Waals surface area contributed by atoms with Crippen LogP contribution >= 0.6 is 0 Å². The third kappa shape index (κ3) is 4.41. The standard InChI is InChI=1S/C20H20N4O/c1-14(2)15-8-10-17(11-9-15)23-19-12-18(21-13-22-19)20(25)24-16-6-4-3-5-7-16/h3-14H,1-2H3,(H,24,25)(H,21,22,23). The highest BCUT2D eigenvalue weighted by Gasteiger charge is 2.09. The summed E-state index contributed by atoms with van der Waals surface area (Å²) in [6.07, 6.45) is 1.38. The predicted octanol–water partition coefficient (Wildman–Crippen LogP) is 4.60. The zero-order chi connectivity index (χ0) is 17.6. The Morgan fingerprint density at radius 3 is 2.32 bits per heavy atom. The summed E-state index contributed by atoms with van der Waals surface area (Å²) < 4.78 is 0. The third-order valence-corrected chi connectivity index (χ3v) is 3.78. The van der Waals surface area contributed by atoms with Gasteiger partial charge in [0.2, 0.25) is 0 Å². The molecule has 0 saturated carbocycles. The molecule has 0 bridgehead atoms. The molecule has 0 saturated heterocycles. The summed E-state index contributed by atoms with van der Waals surface area (Å²) in [7, 11) is 0. The molecule has 0 aliphatic heterocycles. The molecule has 0 fully saturated rings. The van der Waals surface area contributed by atoms with Gasteiger partial charge >= 0.3 is 0 Å². The first-order valence-electron chi connectivity index (χ1n) is 8.17. The second-order valence-corrected chi connectivity index (χ2v) is 6.01. The smallest absolute Gasteiger partial charge is 0.274 e. The van der Waals surface area contributed by atoms with Crippen molar-refractivity contribution in [3.05, 3.63) is 78.2 Å². The maximum Gasteiger partial charge on any atom is 0.274 e. The maximum absolute atomic E-state index is 12.3. The molecule has 0 aliphatic rings. The molecular weight excluding hydrogens is 312 g/mol. The minimum atomic E-state index is -0.271. The molecule has 3 rings (SSSR count). The van der Waals surface area contributed by atoms with E-state index in [2.05, 4.69) is 46.6 Å². The van der Waals surface area contributed by atoms with Gasteiger partial charge in [-0.15, -0.1) is 0 Å². The van der Waals surface area contributed by atoms with Crippen LogP contribution in [-0.2, 0) is 0 Å². The van der Waals surface area contributed by atoms with E-state index in [1.807, 2.05) is 42.5 Å². The van der Waals surface area contributed by atoms with E-state index in [0.717, 1.165) is 11.4 Å². The van der Waals surface area contributed by atoms with Crippen molar-refractivity contribution in [2.75, 3.05) is 10.6 Å². The van der Waals surface area contributed by atoms with Crippen LogP contribution in [0, 0.1) is 0 Å². The number of amides is 1. The highest BCUT2D eigenvalue weighted by atomic mass is 16.1. The van der Waals surface area contributed by atoms with Gasteiger partial charge in [0.1, 0.15) is 17.8 Å². The van der Waals surface area contributed by atoms with Crippen molar-refractivity contribution in [2.24, 2.45) is 0 Å². The fraction of sp³-hybridized carbons (Fsp3) is 0.150. The van der Waals surface area contributed by atoms with Gasteiger partial charge < -0.3 is 10.6 Å². The summed E-state index contributed by atoms with van der Waals surface area (Å²) in [5.41, 5.74) is 3.22. The zero-order valence-electron chi connectivity index (χ0n) is 14.2. The number of nitrogens with zero attached hydrogens (tertiary/aromatic N) is 2. The normalized spacial score (nSPS) is 10.5. The lowest BCUT2D eigenvalue weighted by molar-refractivity contribution is 0.102. The van der Waals surface area contributed by atoms with Crippen LogP contribution < -0.4 is 10.6 Å². The number of nitrogens with one attached hydrogen (secondary N) is 2. The van der Waals surface area contributed by atoms with E-state index < -0.39 is 0 Å². The first kappa shape index (κ1) is 16.6. The molecule has 5 heteroatoms. The van der Waals surface area contributed by atoms with Gasteiger partial charge in [0.05, 0.1) is 0 Å². The number of benzene rings is 2. The first-order chi connectivity index (χ1) is 12.1. The van der Waals surface area contributed by atoms with E-state index in [9.17, 15) is 4.79 Å². The van der Waals surface area contributed by atoms with Crippen LogP contribution in [0.4, 0.5) is 17.2 Å². The van der Waals surface area contributed by atoms with E-state index in [4.69, 9.17) is 0 Å². The van der Waals surface area contributed by atoms with Gasteiger partial charge in [-0.1, -0.05) is 44.2 Å². The van der Waals surface area contributed by atoms with Crippen molar-refractivity contribution in [1.82, 2.24) is 9.97 Å². The highest BCUT2D eigenvalue weighted by Crippen LogP contribution is 2.20.